The Morgan fingerprint density at radius 2 is 2.42 bits per heavy atom. The summed E-state index contributed by atoms with van der Waals surface area (Å²) in [6, 6.07) is 0. The van der Waals surface area contributed by atoms with Gasteiger partial charge in [-0.25, -0.2) is 4.79 Å². The summed E-state index contributed by atoms with van der Waals surface area (Å²) in [5.74, 6) is -0.533. The van der Waals surface area contributed by atoms with Crippen LogP contribution >= 0.6 is 0 Å². The number of ether oxygens (including phenoxy) is 1. The Hall–Kier alpha value is -1.48. The fraction of sp³-hybridized carbons (Fsp3) is 0.571. The van der Waals surface area contributed by atoms with Crippen molar-refractivity contribution in [1.29, 1.82) is 0 Å². The molecule has 66 valence electrons. The minimum absolute atomic E-state index is 0.293. The first-order chi connectivity index (χ1) is 5.61. The lowest BCUT2D eigenvalue weighted by atomic mass is 10.3. The predicted octanol–water partition coefficient (Wildman–Crippen LogP) is 2.15. The molecule has 0 aromatic carbocycles. The highest BCUT2D eigenvalue weighted by Gasteiger charge is 2.10. The van der Waals surface area contributed by atoms with Crippen LogP contribution in [0.4, 0.5) is 0 Å². The molecule has 0 heterocycles. The third-order valence-electron chi connectivity index (χ3n) is 1.12. The molecule has 0 spiro atoms. The summed E-state index contributed by atoms with van der Waals surface area (Å²) in [5, 5.41) is 3.26. The van der Waals surface area contributed by atoms with Gasteiger partial charge in [0.25, 0.3) is 0 Å². The van der Waals surface area contributed by atoms with Gasteiger partial charge in [0, 0.05) is 10.5 Å². The molecule has 5 heteroatoms. The molecule has 0 saturated heterocycles. The van der Waals surface area contributed by atoms with E-state index < -0.39 is 12.2 Å². The number of carbonyl (C=O) groups excluding carboxylic acids is 1. The molecule has 0 N–H and O–H groups in total. The number of esters is 1. The summed E-state index contributed by atoms with van der Waals surface area (Å²) < 4.78 is 4.74. The molecule has 0 rings (SSSR count). The van der Waals surface area contributed by atoms with Gasteiger partial charge in [-0.15, -0.1) is 0 Å². The standard InChI is InChI=1S/C7H11N3O2/c1-4-6(9-10-8)12-7(11)5(2)3/h6H,2,4H2,1,3H3. The molecule has 0 aliphatic carbocycles. The number of hydrogen-bond donors (Lipinski definition) is 0. The average Bonchev–Trinajstić information content (AvgIpc) is 2.03. The number of hydrogen-bond acceptors (Lipinski definition) is 3. The Bertz CT molecular complexity index is 231. The van der Waals surface area contributed by atoms with Crippen LogP contribution in [-0.4, -0.2) is 12.2 Å². The molecule has 0 aliphatic heterocycles. The molecule has 12 heavy (non-hydrogen) atoms. The van der Waals surface area contributed by atoms with E-state index in [-0.39, 0.29) is 0 Å². The van der Waals surface area contributed by atoms with Crippen molar-refractivity contribution in [2.75, 3.05) is 0 Å². The van der Waals surface area contributed by atoms with Gasteiger partial charge in [-0.2, -0.15) is 0 Å². The molecular formula is C7H11N3O2. The molecule has 0 fully saturated rings. The van der Waals surface area contributed by atoms with Crippen molar-refractivity contribution in [1.82, 2.24) is 0 Å². The summed E-state index contributed by atoms with van der Waals surface area (Å²) in [6.07, 6.45) is -0.262. The summed E-state index contributed by atoms with van der Waals surface area (Å²) in [7, 11) is 0. The zero-order valence-electron chi connectivity index (χ0n) is 7.15. The van der Waals surface area contributed by atoms with E-state index in [1.54, 1.807) is 6.92 Å². The SMILES string of the molecule is C=C(C)C(=O)OC(CC)N=[N+]=[N-]. The lowest BCUT2D eigenvalue weighted by molar-refractivity contribution is -0.144. The largest absolute Gasteiger partial charge is 0.453 e. The van der Waals surface area contributed by atoms with Gasteiger partial charge in [-0.3, -0.25) is 0 Å². The summed E-state index contributed by atoms with van der Waals surface area (Å²) in [5.41, 5.74) is 8.36. The van der Waals surface area contributed by atoms with Crippen LogP contribution in [0.3, 0.4) is 0 Å². The summed E-state index contributed by atoms with van der Waals surface area (Å²) >= 11 is 0. The zero-order chi connectivity index (χ0) is 9.56. The minimum atomic E-state index is -0.723. The van der Waals surface area contributed by atoms with Gasteiger partial charge in [0.15, 0.2) is 6.23 Å². The van der Waals surface area contributed by atoms with E-state index in [1.807, 2.05) is 0 Å². The number of carbonyl (C=O) groups is 1. The van der Waals surface area contributed by atoms with Gasteiger partial charge < -0.3 is 4.74 Å². The van der Waals surface area contributed by atoms with Gasteiger partial charge in [0.2, 0.25) is 0 Å². The Morgan fingerprint density at radius 3 is 2.75 bits per heavy atom. The lowest BCUT2D eigenvalue weighted by Gasteiger charge is -2.09. The molecule has 1 unspecified atom stereocenters. The Labute approximate surface area is 70.6 Å². The van der Waals surface area contributed by atoms with Crippen LogP contribution in [0.15, 0.2) is 17.3 Å². The van der Waals surface area contributed by atoms with Gasteiger partial charge in [-0.1, -0.05) is 13.5 Å². The second kappa shape index (κ2) is 5.21. The third kappa shape index (κ3) is 3.63. The van der Waals surface area contributed by atoms with Crippen LogP contribution in [-0.2, 0) is 9.53 Å². The third-order valence-corrected chi connectivity index (χ3v) is 1.12. The zero-order valence-corrected chi connectivity index (χ0v) is 7.15. The van der Waals surface area contributed by atoms with Crippen molar-refractivity contribution in [3.05, 3.63) is 22.6 Å². The van der Waals surface area contributed by atoms with Crippen LogP contribution in [0.1, 0.15) is 20.3 Å². The van der Waals surface area contributed by atoms with Gasteiger partial charge in [0.05, 0.1) is 0 Å². The van der Waals surface area contributed by atoms with Gasteiger partial charge in [0.1, 0.15) is 0 Å². The van der Waals surface area contributed by atoms with Crippen molar-refractivity contribution in [2.24, 2.45) is 5.11 Å². The second-order valence-corrected chi connectivity index (χ2v) is 2.25. The molecule has 0 bridgehead atoms. The molecule has 0 aliphatic rings. The van der Waals surface area contributed by atoms with Crippen LogP contribution in [0, 0.1) is 0 Å². The van der Waals surface area contributed by atoms with Crippen LogP contribution in [0.2, 0.25) is 0 Å². The molecular weight excluding hydrogens is 158 g/mol. The fourth-order valence-electron chi connectivity index (χ4n) is 0.470. The van der Waals surface area contributed by atoms with Crippen molar-refractivity contribution in [2.45, 2.75) is 26.5 Å². The van der Waals surface area contributed by atoms with E-state index in [1.165, 1.54) is 6.92 Å². The van der Waals surface area contributed by atoms with Crippen LogP contribution in [0.5, 0.6) is 0 Å². The second-order valence-electron chi connectivity index (χ2n) is 2.25. The highest BCUT2D eigenvalue weighted by Crippen LogP contribution is 2.03. The monoisotopic (exact) mass is 169 g/mol. The van der Waals surface area contributed by atoms with E-state index in [9.17, 15) is 4.79 Å². The predicted molar refractivity (Wildman–Crippen MR) is 44.1 cm³/mol. The fourth-order valence-corrected chi connectivity index (χ4v) is 0.470. The van der Waals surface area contributed by atoms with Crippen molar-refractivity contribution in [3.8, 4) is 0 Å². The van der Waals surface area contributed by atoms with Crippen LogP contribution < -0.4 is 0 Å². The molecule has 1 atom stereocenters. The maximum Gasteiger partial charge on any atom is 0.333 e. The first-order valence-electron chi connectivity index (χ1n) is 3.52. The summed E-state index contributed by atoms with van der Waals surface area (Å²) in [4.78, 5) is 13.4. The summed E-state index contributed by atoms with van der Waals surface area (Å²) in [6.45, 7) is 6.68. The first kappa shape index (κ1) is 10.5. The van der Waals surface area contributed by atoms with E-state index in [2.05, 4.69) is 16.6 Å². The van der Waals surface area contributed by atoms with E-state index in [0.29, 0.717) is 12.0 Å². The van der Waals surface area contributed by atoms with Gasteiger partial charge in [-0.05, 0) is 24.0 Å². The Balaban J connectivity index is 4.11. The molecule has 0 radical (unpaired) electrons. The van der Waals surface area contributed by atoms with Crippen molar-refractivity contribution >= 4 is 5.97 Å². The quantitative estimate of drug-likeness (QED) is 0.212. The number of rotatable bonds is 4. The van der Waals surface area contributed by atoms with E-state index >= 15 is 0 Å². The maximum atomic E-state index is 10.9. The van der Waals surface area contributed by atoms with E-state index in [0.717, 1.165) is 0 Å². The maximum absolute atomic E-state index is 10.9. The molecule has 0 aromatic rings. The van der Waals surface area contributed by atoms with Crippen molar-refractivity contribution in [3.63, 3.8) is 0 Å². The van der Waals surface area contributed by atoms with Crippen molar-refractivity contribution < 1.29 is 9.53 Å². The average molecular weight is 169 g/mol. The highest BCUT2D eigenvalue weighted by atomic mass is 16.6. The number of nitrogens with zero attached hydrogens (tertiary/aromatic N) is 3. The van der Waals surface area contributed by atoms with E-state index in [4.69, 9.17) is 10.3 Å². The minimum Gasteiger partial charge on any atom is -0.453 e. The number of azide groups is 1. The lowest BCUT2D eigenvalue weighted by Crippen LogP contribution is -2.14. The molecule has 0 aromatic heterocycles. The van der Waals surface area contributed by atoms with Gasteiger partial charge >= 0.3 is 5.97 Å². The first-order valence-corrected chi connectivity index (χ1v) is 3.52. The molecule has 0 amide bonds. The normalized spacial score (nSPS) is 11.2. The Morgan fingerprint density at radius 1 is 1.83 bits per heavy atom. The smallest absolute Gasteiger partial charge is 0.333 e. The van der Waals surface area contributed by atoms with Crippen LogP contribution in [0.25, 0.3) is 10.4 Å². The highest BCUT2D eigenvalue weighted by molar-refractivity contribution is 5.87. The molecule has 0 saturated carbocycles. The Kier molecular flexibility index (Phi) is 4.57. The topological polar surface area (TPSA) is 75.1 Å². The molecule has 5 nitrogen and oxygen atoms in total.